The third-order valence-corrected chi connectivity index (χ3v) is 6.98. The Morgan fingerprint density at radius 3 is 1.92 bits per heavy atom. The first kappa shape index (κ1) is 18.5. The van der Waals surface area contributed by atoms with Gasteiger partial charge < -0.3 is 0 Å². The van der Waals surface area contributed by atoms with E-state index in [4.69, 9.17) is 23.2 Å². The standard InChI is InChI=1S/C15H14Cl2N2O4S2/c16-10-1-8-15(14(17)9-10)19-25(22,23)13-6-4-12(5-7-13)24(20,21)18-11-2-3-11/h1,4-9,11,18-19H,2-3H2. The molecule has 0 atom stereocenters. The van der Waals surface area contributed by atoms with E-state index in [-0.39, 0.29) is 26.5 Å². The highest BCUT2D eigenvalue weighted by atomic mass is 35.5. The van der Waals surface area contributed by atoms with Gasteiger partial charge in [-0.05, 0) is 55.3 Å². The molecule has 0 unspecified atom stereocenters. The number of hydrogen-bond donors (Lipinski definition) is 2. The fourth-order valence-corrected chi connectivity index (χ4v) is 4.96. The van der Waals surface area contributed by atoms with Gasteiger partial charge >= 0.3 is 0 Å². The third kappa shape index (κ3) is 4.45. The molecule has 0 radical (unpaired) electrons. The lowest BCUT2D eigenvalue weighted by atomic mass is 10.3. The molecule has 1 saturated carbocycles. The Balaban J connectivity index is 1.82. The Morgan fingerprint density at radius 1 is 0.840 bits per heavy atom. The van der Waals surface area contributed by atoms with E-state index < -0.39 is 20.0 Å². The van der Waals surface area contributed by atoms with Gasteiger partial charge in [0.15, 0.2) is 0 Å². The van der Waals surface area contributed by atoms with Crippen molar-refractivity contribution in [1.29, 1.82) is 0 Å². The van der Waals surface area contributed by atoms with Crippen LogP contribution in [0.3, 0.4) is 0 Å². The summed E-state index contributed by atoms with van der Waals surface area (Å²) in [5, 5.41) is 0.537. The van der Waals surface area contributed by atoms with Crippen molar-refractivity contribution in [1.82, 2.24) is 4.72 Å². The van der Waals surface area contributed by atoms with Gasteiger partial charge in [-0.3, -0.25) is 4.72 Å². The first-order chi connectivity index (χ1) is 11.7. The molecule has 0 aromatic heterocycles. The van der Waals surface area contributed by atoms with E-state index in [1.54, 1.807) is 0 Å². The zero-order valence-electron chi connectivity index (χ0n) is 12.7. The predicted octanol–water partition coefficient (Wildman–Crippen LogP) is 3.23. The molecule has 3 rings (SSSR count). The lowest BCUT2D eigenvalue weighted by Crippen LogP contribution is -2.25. The minimum atomic E-state index is -3.91. The fraction of sp³-hybridized carbons (Fsp3) is 0.200. The van der Waals surface area contributed by atoms with Gasteiger partial charge in [0.1, 0.15) is 0 Å². The van der Waals surface area contributed by atoms with Crippen molar-refractivity contribution in [2.24, 2.45) is 0 Å². The molecule has 1 aliphatic rings. The molecule has 0 saturated heterocycles. The molecule has 134 valence electrons. The van der Waals surface area contributed by atoms with Gasteiger partial charge in [-0.1, -0.05) is 23.2 Å². The van der Waals surface area contributed by atoms with Crippen LogP contribution in [-0.4, -0.2) is 22.9 Å². The van der Waals surface area contributed by atoms with Gasteiger partial charge in [0.25, 0.3) is 10.0 Å². The van der Waals surface area contributed by atoms with Crippen molar-refractivity contribution in [3.63, 3.8) is 0 Å². The van der Waals surface area contributed by atoms with Crippen molar-refractivity contribution in [2.75, 3.05) is 4.72 Å². The second kappa shape index (κ2) is 6.77. The summed E-state index contributed by atoms with van der Waals surface area (Å²) in [4.78, 5) is -0.0632. The van der Waals surface area contributed by atoms with Gasteiger partial charge in [-0.15, -0.1) is 0 Å². The Hall–Kier alpha value is -1.32. The van der Waals surface area contributed by atoms with Crippen LogP contribution in [0.5, 0.6) is 0 Å². The molecule has 0 heterocycles. The maximum absolute atomic E-state index is 12.4. The monoisotopic (exact) mass is 420 g/mol. The molecule has 0 aliphatic heterocycles. The van der Waals surface area contributed by atoms with Gasteiger partial charge in [0.2, 0.25) is 10.0 Å². The molecule has 0 bridgehead atoms. The van der Waals surface area contributed by atoms with Gasteiger partial charge in [0, 0.05) is 11.1 Å². The minimum Gasteiger partial charge on any atom is -0.278 e. The maximum Gasteiger partial charge on any atom is 0.261 e. The van der Waals surface area contributed by atoms with Crippen LogP contribution < -0.4 is 9.44 Å². The SMILES string of the molecule is O=S(=O)(Nc1ccc(Cl)cc1Cl)c1ccc(S(=O)(=O)NC2CC2)cc1. The minimum absolute atomic E-state index is 0.0166. The van der Waals surface area contributed by atoms with Crippen molar-refractivity contribution in [3.05, 3.63) is 52.5 Å². The number of nitrogens with one attached hydrogen (secondary N) is 2. The van der Waals surface area contributed by atoms with Crippen LogP contribution in [0.1, 0.15) is 12.8 Å². The second-order valence-electron chi connectivity index (χ2n) is 5.60. The molecular weight excluding hydrogens is 407 g/mol. The molecule has 10 heteroatoms. The number of sulfonamides is 2. The van der Waals surface area contributed by atoms with Gasteiger partial charge in [-0.25, -0.2) is 21.6 Å². The Labute approximate surface area is 156 Å². The largest absolute Gasteiger partial charge is 0.278 e. The topological polar surface area (TPSA) is 92.3 Å². The van der Waals surface area contributed by atoms with E-state index in [1.807, 2.05) is 0 Å². The van der Waals surface area contributed by atoms with Crippen LogP contribution >= 0.6 is 23.2 Å². The normalized spacial score (nSPS) is 15.1. The second-order valence-corrected chi connectivity index (χ2v) is 9.84. The van der Waals surface area contributed by atoms with E-state index in [2.05, 4.69) is 9.44 Å². The highest BCUT2D eigenvalue weighted by Crippen LogP contribution is 2.28. The first-order valence-electron chi connectivity index (χ1n) is 7.28. The van der Waals surface area contributed by atoms with E-state index in [0.29, 0.717) is 5.02 Å². The summed E-state index contributed by atoms with van der Waals surface area (Å²) < 4.78 is 53.9. The lowest BCUT2D eigenvalue weighted by Gasteiger charge is -2.11. The summed E-state index contributed by atoms with van der Waals surface area (Å²) in [6.07, 6.45) is 1.63. The van der Waals surface area contributed by atoms with Crippen molar-refractivity contribution in [3.8, 4) is 0 Å². The van der Waals surface area contributed by atoms with Gasteiger partial charge in [0.05, 0.1) is 20.5 Å². The molecular formula is C15H14Cl2N2O4S2. The Bertz CT molecular complexity index is 1000. The molecule has 6 nitrogen and oxygen atoms in total. The van der Waals surface area contributed by atoms with Crippen LogP contribution in [0, 0.1) is 0 Å². The van der Waals surface area contributed by atoms with Crippen LogP contribution in [0.15, 0.2) is 52.3 Å². The summed E-state index contributed by atoms with van der Waals surface area (Å²) in [5.74, 6) is 0. The maximum atomic E-state index is 12.4. The number of benzene rings is 2. The molecule has 2 N–H and O–H groups in total. The summed E-state index contributed by atoms with van der Waals surface area (Å²) >= 11 is 11.7. The first-order valence-corrected chi connectivity index (χ1v) is 11.0. The zero-order chi connectivity index (χ0) is 18.2. The molecule has 1 fully saturated rings. The molecule has 0 amide bonds. The van der Waals surface area contributed by atoms with E-state index in [9.17, 15) is 16.8 Å². The molecule has 1 aliphatic carbocycles. The molecule has 0 spiro atoms. The molecule has 2 aromatic rings. The number of anilines is 1. The Kier molecular flexibility index (Phi) is 5.00. The summed E-state index contributed by atoms with van der Waals surface area (Å²) in [5.41, 5.74) is 0.179. The smallest absolute Gasteiger partial charge is 0.261 e. The summed E-state index contributed by atoms with van der Waals surface area (Å²) in [6.45, 7) is 0. The number of halogens is 2. The van der Waals surface area contributed by atoms with Gasteiger partial charge in [-0.2, -0.15) is 0 Å². The summed E-state index contributed by atoms with van der Waals surface area (Å²) in [7, 11) is -7.55. The van der Waals surface area contributed by atoms with Crippen LogP contribution in [0.2, 0.25) is 10.0 Å². The zero-order valence-corrected chi connectivity index (χ0v) is 15.9. The number of rotatable bonds is 6. The Morgan fingerprint density at radius 2 is 1.40 bits per heavy atom. The number of hydrogen-bond acceptors (Lipinski definition) is 4. The van der Waals surface area contributed by atoms with Crippen molar-refractivity contribution in [2.45, 2.75) is 28.7 Å². The predicted molar refractivity (Wildman–Crippen MR) is 97.1 cm³/mol. The highest BCUT2D eigenvalue weighted by molar-refractivity contribution is 7.92. The quantitative estimate of drug-likeness (QED) is 0.749. The third-order valence-electron chi connectivity index (χ3n) is 3.52. The fourth-order valence-electron chi connectivity index (χ4n) is 2.06. The van der Waals surface area contributed by atoms with Crippen LogP contribution in [0.25, 0.3) is 0 Å². The molecule has 25 heavy (non-hydrogen) atoms. The lowest BCUT2D eigenvalue weighted by molar-refractivity contribution is 0.580. The van der Waals surface area contributed by atoms with Crippen molar-refractivity contribution >= 4 is 48.9 Å². The highest BCUT2D eigenvalue weighted by Gasteiger charge is 2.28. The average Bonchev–Trinajstić information content (AvgIpc) is 3.33. The average molecular weight is 421 g/mol. The summed E-state index contributed by atoms with van der Waals surface area (Å²) in [6, 6.07) is 9.31. The van der Waals surface area contributed by atoms with Crippen LogP contribution in [0.4, 0.5) is 5.69 Å². The van der Waals surface area contributed by atoms with Crippen molar-refractivity contribution < 1.29 is 16.8 Å². The van der Waals surface area contributed by atoms with E-state index in [1.165, 1.54) is 42.5 Å². The van der Waals surface area contributed by atoms with Crippen LogP contribution in [-0.2, 0) is 20.0 Å². The molecule has 2 aromatic carbocycles. The van der Waals surface area contributed by atoms with E-state index in [0.717, 1.165) is 12.8 Å². The van der Waals surface area contributed by atoms with E-state index >= 15 is 0 Å².